The number of unbranched alkanes of at least 4 members (excludes halogenated alkanes) is 1. The Bertz CT molecular complexity index is 1420. The minimum atomic E-state index is -4.22. The monoisotopic (exact) mass is 605 g/mol. The summed E-state index contributed by atoms with van der Waals surface area (Å²) in [6, 6.07) is 18.2. The Kier molecular flexibility index (Phi) is 11.2. The van der Waals surface area contributed by atoms with Crippen LogP contribution in [0.15, 0.2) is 77.7 Å². The Balaban J connectivity index is 2.01. The molecule has 0 radical (unpaired) electrons. The molecule has 214 valence electrons. The first-order chi connectivity index (χ1) is 19.1. The summed E-state index contributed by atoms with van der Waals surface area (Å²) >= 11 is 12.6. The fourth-order valence-corrected chi connectivity index (χ4v) is 5.75. The summed E-state index contributed by atoms with van der Waals surface area (Å²) in [4.78, 5) is 28.2. The van der Waals surface area contributed by atoms with Crippen LogP contribution in [-0.4, -0.2) is 51.4 Å². The summed E-state index contributed by atoms with van der Waals surface area (Å²) in [6.45, 7) is 3.51. The summed E-state index contributed by atoms with van der Waals surface area (Å²) in [5.41, 5.74) is 0.826. The largest absolute Gasteiger partial charge is 0.497 e. The molecule has 3 aromatic rings. The lowest BCUT2D eigenvalue weighted by molar-refractivity contribution is -0.139. The Hall–Kier alpha value is -3.27. The molecule has 40 heavy (non-hydrogen) atoms. The molecular weight excluding hydrogens is 573 g/mol. The van der Waals surface area contributed by atoms with Gasteiger partial charge in [0.05, 0.1) is 17.7 Å². The van der Waals surface area contributed by atoms with Crippen molar-refractivity contribution >= 4 is 50.7 Å². The zero-order valence-electron chi connectivity index (χ0n) is 22.6. The maximum atomic E-state index is 13.9. The van der Waals surface area contributed by atoms with Crippen LogP contribution in [0.1, 0.15) is 32.3 Å². The molecule has 0 unspecified atom stereocenters. The third-order valence-electron chi connectivity index (χ3n) is 6.32. The molecule has 2 amide bonds. The van der Waals surface area contributed by atoms with Crippen LogP contribution in [-0.2, 0) is 26.2 Å². The van der Waals surface area contributed by atoms with E-state index in [0.717, 1.165) is 17.1 Å². The number of halogens is 2. The summed E-state index contributed by atoms with van der Waals surface area (Å²) in [7, 11) is -2.74. The van der Waals surface area contributed by atoms with Crippen molar-refractivity contribution in [3.05, 3.63) is 88.4 Å². The van der Waals surface area contributed by atoms with Gasteiger partial charge in [0.1, 0.15) is 18.3 Å². The van der Waals surface area contributed by atoms with E-state index in [1.54, 1.807) is 49.4 Å². The number of anilines is 1. The molecule has 1 atom stereocenters. The first-order valence-corrected chi connectivity index (χ1v) is 15.0. The van der Waals surface area contributed by atoms with Crippen LogP contribution in [0.3, 0.4) is 0 Å². The Morgan fingerprint density at radius 3 is 2.33 bits per heavy atom. The molecule has 0 spiro atoms. The van der Waals surface area contributed by atoms with Gasteiger partial charge >= 0.3 is 0 Å². The predicted molar refractivity (Wildman–Crippen MR) is 158 cm³/mol. The van der Waals surface area contributed by atoms with E-state index < -0.39 is 28.5 Å². The van der Waals surface area contributed by atoms with Crippen LogP contribution >= 0.6 is 23.2 Å². The van der Waals surface area contributed by atoms with Crippen molar-refractivity contribution in [1.29, 1.82) is 0 Å². The highest BCUT2D eigenvalue weighted by atomic mass is 35.5. The number of carbonyl (C=O) groups excluding carboxylic acids is 2. The number of ether oxygens (including phenoxy) is 1. The molecule has 3 rings (SSSR count). The topological polar surface area (TPSA) is 96.0 Å². The lowest BCUT2D eigenvalue weighted by Gasteiger charge is -2.32. The average Bonchev–Trinajstić information content (AvgIpc) is 2.95. The number of methoxy groups -OCH3 is 1. The molecule has 0 aliphatic carbocycles. The van der Waals surface area contributed by atoms with E-state index in [1.165, 1.54) is 42.3 Å². The van der Waals surface area contributed by atoms with Crippen LogP contribution in [0.2, 0.25) is 10.0 Å². The quantitative estimate of drug-likeness (QED) is 0.258. The van der Waals surface area contributed by atoms with Gasteiger partial charge in [0.25, 0.3) is 10.0 Å². The van der Waals surface area contributed by atoms with E-state index >= 15 is 0 Å². The highest BCUT2D eigenvalue weighted by molar-refractivity contribution is 7.92. The van der Waals surface area contributed by atoms with Crippen molar-refractivity contribution in [3.8, 4) is 5.75 Å². The molecule has 0 fully saturated rings. The molecule has 0 bridgehead atoms. The molecule has 3 aromatic carbocycles. The van der Waals surface area contributed by atoms with E-state index in [1.807, 2.05) is 6.92 Å². The summed E-state index contributed by atoms with van der Waals surface area (Å²) in [6.07, 6.45) is 1.69. The van der Waals surface area contributed by atoms with Crippen molar-refractivity contribution in [2.24, 2.45) is 0 Å². The number of sulfonamides is 1. The van der Waals surface area contributed by atoms with Crippen molar-refractivity contribution in [1.82, 2.24) is 10.2 Å². The Morgan fingerprint density at radius 2 is 1.70 bits per heavy atom. The molecule has 0 saturated heterocycles. The maximum Gasteiger partial charge on any atom is 0.264 e. The van der Waals surface area contributed by atoms with Gasteiger partial charge in [-0.3, -0.25) is 13.9 Å². The van der Waals surface area contributed by atoms with Gasteiger partial charge in [0.15, 0.2) is 0 Å². The number of nitrogens with one attached hydrogen (secondary N) is 1. The van der Waals surface area contributed by atoms with Gasteiger partial charge in [-0.1, -0.05) is 60.8 Å². The van der Waals surface area contributed by atoms with Crippen molar-refractivity contribution < 1.29 is 22.7 Å². The fourth-order valence-electron chi connectivity index (χ4n) is 3.96. The molecule has 0 aliphatic rings. The van der Waals surface area contributed by atoms with Crippen molar-refractivity contribution in [3.63, 3.8) is 0 Å². The molecule has 0 heterocycles. The Morgan fingerprint density at radius 1 is 1.00 bits per heavy atom. The maximum absolute atomic E-state index is 13.9. The lowest BCUT2D eigenvalue weighted by Crippen LogP contribution is -2.51. The number of nitrogens with zero attached hydrogens (tertiary/aromatic N) is 2. The van der Waals surface area contributed by atoms with Crippen molar-refractivity contribution in [2.45, 2.75) is 44.2 Å². The number of rotatable bonds is 13. The number of carbonyl (C=O) groups is 2. The van der Waals surface area contributed by atoms with Gasteiger partial charge in [-0.05, 0) is 67.4 Å². The summed E-state index contributed by atoms with van der Waals surface area (Å²) in [5, 5.41) is 3.58. The zero-order valence-corrected chi connectivity index (χ0v) is 25.0. The van der Waals surface area contributed by atoms with Gasteiger partial charge in [-0.25, -0.2) is 8.42 Å². The van der Waals surface area contributed by atoms with Gasteiger partial charge in [-0.2, -0.15) is 0 Å². The second kappa shape index (κ2) is 14.4. The molecule has 11 heteroatoms. The van der Waals surface area contributed by atoms with Crippen LogP contribution in [0.25, 0.3) is 0 Å². The van der Waals surface area contributed by atoms with E-state index in [4.69, 9.17) is 27.9 Å². The molecule has 8 nitrogen and oxygen atoms in total. The highest BCUT2D eigenvalue weighted by Crippen LogP contribution is 2.28. The van der Waals surface area contributed by atoms with Gasteiger partial charge < -0.3 is 15.0 Å². The standard InChI is InChI=1S/C29H33Cl2N3O5S/c1-4-5-17-32-29(36)21(2)33(19-22-9-6-7-12-27(22)31)28(35)20-34(24-11-8-10-23(30)18-24)40(37,38)26-15-13-25(39-3)14-16-26/h6-16,18,21H,4-5,17,19-20H2,1-3H3,(H,32,36)/t21-/m1/s1. The predicted octanol–water partition coefficient (Wildman–Crippen LogP) is 5.53. The van der Waals surface area contributed by atoms with E-state index in [2.05, 4.69) is 5.32 Å². The fraction of sp³-hybridized carbons (Fsp3) is 0.310. The van der Waals surface area contributed by atoms with Crippen molar-refractivity contribution in [2.75, 3.05) is 24.5 Å². The first kappa shape index (κ1) is 31.3. The third kappa shape index (κ3) is 7.90. The molecular formula is C29H33Cl2N3O5S. The lowest BCUT2D eigenvalue weighted by atomic mass is 10.1. The Labute approximate surface area is 245 Å². The number of amides is 2. The second-order valence-electron chi connectivity index (χ2n) is 9.10. The minimum Gasteiger partial charge on any atom is -0.497 e. The van der Waals surface area contributed by atoms with E-state index in [0.29, 0.717) is 27.9 Å². The average molecular weight is 607 g/mol. The van der Waals surface area contributed by atoms with E-state index in [9.17, 15) is 18.0 Å². The smallest absolute Gasteiger partial charge is 0.264 e. The van der Waals surface area contributed by atoms with Crippen LogP contribution < -0.4 is 14.4 Å². The van der Waals surface area contributed by atoms with Crippen LogP contribution in [0.5, 0.6) is 5.75 Å². The molecule has 0 saturated carbocycles. The normalized spacial score (nSPS) is 11.9. The van der Waals surface area contributed by atoms with Crippen LogP contribution in [0, 0.1) is 0 Å². The summed E-state index contributed by atoms with van der Waals surface area (Å²) < 4.78 is 33.9. The third-order valence-corrected chi connectivity index (χ3v) is 8.71. The molecule has 0 aromatic heterocycles. The number of hydrogen-bond donors (Lipinski definition) is 1. The number of benzene rings is 3. The van der Waals surface area contributed by atoms with Gasteiger partial charge in [-0.15, -0.1) is 0 Å². The number of hydrogen-bond acceptors (Lipinski definition) is 5. The zero-order chi connectivity index (χ0) is 29.3. The second-order valence-corrected chi connectivity index (χ2v) is 11.8. The molecule has 0 aliphatic heterocycles. The van der Waals surface area contributed by atoms with E-state index in [-0.39, 0.29) is 23.0 Å². The van der Waals surface area contributed by atoms with Crippen LogP contribution in [0.4, 0.5) is 5.69 Å². The first-order valence-electron chi connectivity index (χ1n) is 12.8. The van der Waals surface area contributed by atoms with Gasteiger partial charge in [0.2, 0.25) is 11.8 Å². The summed E-state index contributed by atoms with van der Waals surface area (Å²) in [5.74, 6) is -0.450. The van der Waals surface area contributed by atoms with Gasteiger partial charge in [0, 0.05) is 23.1 Å². The SMILES string of the molecule is CCCCNC(=O)[C@@H](C)N(Cc1ccccc1Cl)C(=O)CN(c1cccc(Cl)c1)S(=O)(=O)c1ccc(OC)cc1. The molecule has 1 N–H and O–H groups in total. The highest BCUT2D eigenvalue weighted by Gasteiger charge is 2.33. The minimum absolute atomic E-state index is 0.00679.